The van der Waals surface area contributed by atoms with Gasteiger partial charge in [0.25, 0.3) is 6.43 Å². The van der Waals surface area contributed by atoms with Crippen LogP contribution < -0.4 is 0 Å². The Hall–Kier alpha value is -0.220. The summed E-state index contributed by atoms with van der Waals surface area (Å²) in [6, 6.07) is 0. The molecular weight excluding hydrogens is 190 g/mol. The average Bonchev–Trinajstić information content (AvgIpc) is 2.06. The van der Waals surface area contributed by atoms with Crippen LogP contribution >= 0.6 is 0 Å². The van der Waals surface area contributed by atoms with Gasteiger partial charge in [0.1, 0.15) is 6.61 Å². The summed E-state index contributed by atoms with van der Waals surface area (Å²) in [5.41, 5.74) is 0.0893. The minimum atomic E-state index is -2.45. The van der Waals surface area contributed by atoms with Crippen molar-refractivity contribution in [3.63, 3.8) is 0 Å². The van der Waals surface area contributed by atoms with E-state index >= 15 is 0 Å². The fourth-order valence-corrected chi connectivity index (χ4v) is 1.87. The number of hydrogen-bond acceptors (Lipinski definition) is 2. The van der Waals surface area contributed by atoms with Gasteiger partial charge in [0, 0.05) is 0 Å². The minimum absolute atomic E-state index is 0.0893. The molecule has 0 aromatic heterocycles. The Morgan fingerprint density at radius 1 is 1.50 bits per heavy atom. The first kappa shape index (κ1) is 11.9. The third-order valence-electron chi connectivity index (χ3n) is 2.74. The van der Waals surface area contributed by atoms with Gasteiger partial charge in [-0.15, -0.1) is 0 Å². The SMILES string of the molecule is CC1(C)CCC(O)C(OCC(F)F)C1. The second-order valence-electron chi connectivity index (χ2n) is 4.74. The molecule has 2 nitrogen and oxygen atoms in total. The number of rotatable bonds is 3. The van der Waals surface area contributed by atoms with Crippen LogP contribution in [-0.4, -0.2) is 30.3 Å². The lowest BCUT2D eigenvalue weighted by atomic mass is 9.75. The maximum atomic E-state index is 11.9. The van der Waals surface area contributed by atoms with E-state index in [9.17, 15) is 13.9 Å². The summed E-state index contributed by atoms with van der Waals surface area (Å²) in [7, 11) is 0. The predicted molar refractivity (Wildman–Crippen MR) is 49.4 cm³/mol. The first-order valence-electron chi connectivity index (χ1n) is 4.98. The largest absolute Gasteiger partial charge is 0.390 e. The van der Waals surface area contributed by atoms with Crippen molar-refractivity contribution in [2.24, 2.45) is 5.41 Å². The quantitative estimate of drug-likeness (QED) is 0.770. The second-order valence-corrected chi connectivity index (χ2v) is 4.74. The van der Waals surface area contributed by atoms with Crippen LogP contribution in [0.2, 0.25) is 0 Å². The van der Waals surface area contributed by atoms with Crippen molar-refractivity contribution in [1.29, 1.82) is 0 Å². The molecule has 1 N–H and O–H groups in total. The highest BCUT2D eigenvalue weighted by molar-refractivity contribution is 4.85. The first-order valence-corrected chi connectivity index (χ1v) is 4.98. The molecule has 0 aliphatic heterocycles. The van der Waals surface area contributed by atoms with Gasteiger partial charge in [-0.2, -0.15) is 0 Å². The highest BCUT2D eigenvalue weighted by Crippen LogP contribution is 2.36. The number of ether oxygens (including phenoxy) is 1. The summed E-state index contributed by atoms with van der Waals surface area (Å²) in [6.45, 7) is 3.56. The molecule has 1 aliphatic carbocycles. The predicted octanol–water partition coefficient (Wildman–Crippen LogP) is 2.21. The normalized spacial score (nSPS) is 32.1. The van der Waals surface area contributed by atoms with Crippen LogP contribution in [0.3, 0.4) is 0 Å². The highest BCUT2D eigenvalue weighted by atomic mass is 19.3. The summed E-state index contributed by atoms with van der Waals surface area (Å²) in [5.74, 6) is 0. The summed E-state index contributed by atoms with van der Waals surface area (Å²) >= 11 is 0. The van der Waals surface area contributed by atoms with Crippen molar-refractivity contribution in [1.82, 2.24) is 0 Å². The molecular formula is C10H18F2O2. The van der Waals surface area contributed by atoms with Gasteiger partial charge in [-0.05, 0) is 24.7 Å². The van der Waals surface area contributed by atoms with E-state index in [2.05, 4.69) is 13.8 Å². The molecule has 1 fully saturated rings. The van der Waals surface area contributed by atoms with E-state index in [0.717, 1.165) is 6.42 Å². The van der Waals surface area contributed by atoms with Crippen LogP contribution in [0, 0.1) is 5.41 Å². The Kier molecular flexibility index (Phi) is 3.84. The lowest BCUT2D eigenvalue weighted by molar-refractivity contribution is -0.110. The van der Waals surface area contributed by atoms with E-state index in [4.69, 9.17) is 4.74 Å². The fourth-order valence-electron chi connectivity index (χ4n) is 1.87. The van der Waals surface area contributed by atoms with Crippen LogP contribution in [0.5, 0.6) is 0 Å². The van der Waals surface area contributed by atoms with Gasteiger partial charge >= 0.3 is 0 Å². The minimum Gasteiger partial charge on any atom is -0.390 e. The van der Waals surface area contributed by atoms with Crippen molar-refractivity contribution < 1.29 is 18.6 Å². The van der Waals surface area contributed by atoms with Gasteiger partial charge in [0.2, 0.25) is 0 Å². The zero-order valence-electron chi connectivity index (χ0n) is 8.67. The van der Waals surface area contributed by atoms with E-state index in [0.29, 0.717) is 12.8 Å². The third-order valence-corrected chi connectivity index (χ3v) is 2.74. The van der Waals surface area contributed by atoms with Gasteiger partial charge in [-0.1, -0.05) is 13.8 Å². The van der Waals surface area contributed by atoms with Crippen LogP contribution in [0.15, 0.2) is 0 Å². The van der Waals surface area contributed by atoms with Gasteiger partial charge in [-0.25, -0.2) is 8.78 Å². The molecule has 1 saturated carbocycles. The molecule has 0 aromatic carbocycles. The van der Waals surface area contributed by atoms with E-state index in [1.54, 1.807) is 0 Å². The summed E-state index contributed by atoms with van der Waals surface area (Å²) in [4.78, 5) is 0. The standard InChI is InChI=1S/C10H18F2O2/c1-10(2)4-3-7(13)8(5-10)14-6-9(11)12/h7-9,13H,3-6H2,1-2H3. The second kappa shape index (κ2) is 4.53. The summed E-state index contributed by atoms with van der Waals surface area (Å²) in [5, 5.41) is 9.54. The van der Waals surface area contributed by atoms with E-state index in [1.807, 2.05) is 0 Å². The van der Waals surface area contributed by atoms with Crippen molar-refractivity contribution in [2.45, 2.75) is 51.7 Å². The van der Waals surface area contributed by atoms with E-state index in [1.165, 1.54) is 0 Å². The molecule has 2 unspecified atom stereocenters. The maximum Gasteiger partial charge on any atom is 0.261 e. The Morgan fingerprint density at radius 3 is 2.71 bits per heavy atom. The van der Waals surface area contributed by atoms with Gasteiger partial charge < -0.3 is 9.84 Å². The molecule has 2 atom stereocenters. The number of hydrogen-bond donors (Lipinski definition) is 1. The average molecular weight is 208 g/mol. The van der Waals surface area contributed by atoms with Crippen LogP contribution in [0.4, 0.5) is 8.78 Å². The van der Waals surface area contributed by atoms with Crippen molar-refractivity contribution in [3.05, 3.63) is 0 Å². The molecule has 0 bridgehead atoms. The summed E-state index contributed by atoms with van der Waals surface area (Å²) < 4.78 is 28.8. The molecule has 0 radical (unpaired) electrons. The van der Waals surface area contributed by atoms with Crippen molar-refractivity contribution in [3.8, 4) is 0 Å². The maximum absolute atomic E-state index is 11.9. The molecule has 0 amide bonds. The third kappa shape index (κ3) is 3.50. The van der Waals surface area contributed by atoms with Gasteiger partial charge in [0.15, 0.2) is 0 Å². The lowest BCUT2D eigenvalue weighted by Gasteiger charge is -2.38. The topological polar surface area (TPSA) is 29.5 Å². The van der Waals surface area contributed by atoms with Crippen molar-refractivity contribution >= 4 is 0 Å². The fraction of sp³-hybridized carbons (Fsp3) is 1.00. The molecule has 0 saturated heterocycles. The molecule has 84 valence electrons. The zero-order chi connectivity index (χ0) is 10.8. The van der Waals surface area contributed by atoms with Crippen molar-refractivity contribution in [2.75, 3.05) is 6.61 Å². The first-order chi connectivity index (χ1) is 6.41. The monoisotopic (exact) mass is 208 g/mol. The van der Waals surface area contributed by atoms with Crippen LogP contribution in [0.25, 0.3) is 0 Å². The molecule has 0 spiro atoms. The molecule has 1 rings (SSSR count). The van der Waals surface area contributed by atoms with Gasteiger partial charge in [0.05, 0.1) is 12.2 Å². The highest BCUT2D eigenvalue weighted by Gasteiger charge is 2.34. The number of aliphatic hydroxyl groups excluding tert-OH is 1. The molecule has 14 heavy (non-hydrogen) atoms. The molecule has 4 heteroatoms. The van der Waals surface area contributed by atoms with Gasteiger partial charge in [-0.3, -0.25) is 0 Å². The molecule has 0 heterocycles. The smallest absolute Gasteiger partial charge is 0.261 e. The zero-order valence-corrected chi connectivity index (χ0v) is 8.67. The Morgan fingerprint density at radius 2 is 2.14 bits per heavy atom. The van der Waals surface area contributed by atoms with E-state index in [-0.39, 0.29) is 5.41 Å². The lowest BCUT2D eigenvalue weighted by Crippen LogP contribution is -2.40. The number of aliphatic hydroxyl groups is 1. The summed E-state index contributed by atoms with van der Waals surface area (Å²) in [6.07, 6.45) is -1.24. The van der Waals surface area contributed by atoms with E-state index < -0.39 is 25.2 Å². The van der Waals surface area contributed by atoms with Crippen LogP contribution in [0.1, 0.15) is 33.1 Å². The Bertz CT molecular complexity index is 183. The Labute approximate surface area is 83.3 Å². The molecule has 1 aliphatic rings. The number of halogens is 2. The molecule has 0 aromatic rings. The number of alkyl halides is 2. The van der Waals surface area contributed by atoms with Crippen LogP contribution in [-0.2, 0) is 4.74 Å². The Balaban J connectivity index is 2.41.